The molecule has 0 aromatic carbocycles. The molecule has 1 aliphatic rings. The molecular weight excluding hydrogens is 95.0 g/mol. The first-order valence-corrected chi connectivity index (χ1v) is 1.24. The topological polar surface area (TPSA) is 3.01 Å². The van der Waals surface area contributed by atoms with Crippen molar-refractivity contribution in [3.8, 4) is 0 Å². The maximum Gasteiger partial charge on any atom is 0.280 e. The van der Waals surface area contributed by atoms with Gasteiger partial charge in [-0.1, -0.05) is 4.48 Å². The largest absolute Gasteiger partial charge is 0.280 e. The molecule has 0 spiro atoms. The van der Waals surface area contributed by atoms with Crippen molar-refractivity contribution in [1.82, 2.24) is 5.12 Å². The molecule has 0 N–H and O–H groups in total. The molecule has 0 radical (unpaired) electrons. The summed E-state index contributed by atoms with van der Waals surface area (Å²) in [6.45, 7) is 0. The molecule has 1 nitrogen and oxygen atoms in total. The second-order valence-electron chi connectivity index (χ2n) is 0.862. The molecule has 0 aromatic rings. The second-order valence-corrected chi connectivity index (χ2v) is 0.862. The molecule has 34 valence electrons. The van der Waals surface area contributed by atoms with Gasteiger partial charge in [-0.15, -0.1) is 5.12 Å². The van der Waals surface area contributed by atoms with Gasteiger partial charge in [0.25, 0.3) is 11.9 Å². The zero-order valence-electron chi connectivity index (χ0n) is 2.58. The molecule has 0 bridgehead atoms. The van der Waals surface area contributed by atoms with E-state index < -0.39 is 17.0 Å². The number of halogens is 3. The minimum absolute atomic E-state index is 0.667. The molecule has 0 aliphatic carbocycles. The summed E-state index contributed by atoms with van der Waals surface area (Å²) < 4.78 is 32.8. The molecule has 0 aromatic heterocycles. The summed E-state index contributed by atoms with van der Waals surface area (Å²) in [4.78, 5) is 0. The van der Waals surface area contributed by atoms with Crippen LogP contribution in [-0.2, 0) is 0 Å². The van der Waals surface area contributed by atoms with Gasteiger partial charge in [-0.05, 0) is 0 Å². The summed E-state index contributed by atoms with van der Waals surface area (Å²) in [6.07, 6.45) is 0. The Hall–Kier alpha value is -0.670. The molecule has 6 heavy (non-hydrogen) atoms. The third kappa shape index (κ3) is 0.208. The average Bonchev–Trinajstić information content (AvgIpc) is 1.94. The van der Waals surface area contributed by atoms with Gasteiger partial charge in [0.1, 0.15) is 0 Å². The smallest absolute Gasteiger partial charge is 0.179 e. The lowest BCUT2D eigenvalue weighted by molar-refractivity contribution is 0.144. The van der Waals surface area contributed by atoms with Crippen LogP contribution in [0, 0.1) is 0 Å². The standard InChI is InChI=1S/C2F3N/c3-1-2(4)6(1)5. The van der Waals surface area contributed by atoms with Crippen molar-refractivity contribution in [3.05, 3.63) is 11.9 Å². The molecular formula is C2F3N. The second kappa shape index (κ2) is 0.692. The van der Waals surface area contributed by atoms with E-state index in [9.17, 15) is 13.3 Å². The van der Waals surface area contributed by atoms with E-state index >= 15 is 0 Å². The Bertz CT molecular complexity index is 95.4. The lowest BCUT2D eigenvalue weighted by Crippen LogP contribution is -1.73. The van der Waals surface area contributed by atoms with Gasteiger partial charge < -0.3 is 0 Å². The van der Waals surface area contributed by atoms with Crippen LogP contribution in [0.1, 0.15) is 0 Å². The molecule has 1 aliphatic heterocycles. The van der Waals surface area contributed by atoms with Crippen molar-refractivity contribution >= 4 is 0 Å². The fourth-order valence-electron chi connectivity index (χ4n) is 0.109. The molecule has 1 rings (SSSR count). The number of hydrogen-bond acceptors (Lipinski definition) is 1. The van der Waals surface area contributed by atoms with E-state index in [-0.39, 0.29) is 0 Å². The van der Waals surface area contributed by atoms with Gasteiger partial charge in [0.05, 0.1) is 0 Å². The summed E-state index contributed by atoms with van der Waals surface area (Å²) in [5, 5.41) is -0.667. The Kier molecular flexibility index (Phi) is 0.406. The van der Waals surface area contributed by atoms with Crippen molar-refractivity contribution < 1.29 is 13.3 Å². The Labute approximate surface area is 31.6 Å². The van der Waals surface area contributed by atoms with Crippen LogP contribution in [0.5, 0.6) is 0 Å². The van der Waals surface area contributed by atoms with Crippen LogP contribution in [-0.4, -0.2) is 5.12 Å². The first-order chi connectivity index (χ1) is 2.73. The van der Waals surface area contributed by atoms with Gasteiger partial charge in [0.15, 0.2) is 0 Å². The van der Waals surface area contributed by atoms with Crippen LogP contribution in [0.25, 0.3) is 0 Å². The highest BCUT2D eigenvalue weighted by atomic mass is 19.2. The van der Waals surface area contributed by atoms with E-state index in [0.717, 1.165) is 0 Å². The van der Waals surface area contributed by atoms with E-state index in [1.807, 2.05) is 0 Å². The van der Waals surface area contributed by atoms with E-state index in [1.165, 1.54) is 0 Å². The number of hydrogen-bond donors (Lipinski definition) is 0. The Morgan fingerprint density at radius 1 is 1.17 bits per heavy atom. The van der Waals surface area contributed by atoms with Crippen molar-refractivity contribution in [1.29, 1.82) is 0 Å². The highest BCUT2D eigenvalue weighted by molar-refractivity contribution is 5.13. The van der Waals surface area contributed by atoms with E-state index in [4.69, 9.17) is 0 Å². The molecule has 0 atom stereocenters. The third-order valence-electron chi connectivity index (χ3n) is 0.465. The van der Waals surface area contributed by atoms with Gasteiger partial charge in [-0.3, -0.25) is 0 Å². The number of rotatable bonds is 0. The molecule has 0 saturated heterocycles. The third-order valence-corrected chi connectivity index (χ3v) is 0.465. The average molecular weight is 95.0 g/mol. The normalized spacial score (nSPS) is 19.5. The predicted molar refractivity (Wildman–Crippen MR) is 12.2 cm³/mol. The lowest BCUT2D eigenvalue weighted by atomic mass is 11.2. The van der Waals surface area contributed by atoms with Gasteiger partial charge in [-0.2, -0.15) is 8.78 Å². The van der Waals surface area contributed by atoms with Crippen molar-refractivity contribution in [2.24, 2.45) is 0 Å². The van der Waals surface area contributed by atoms with Gasteiger partial charge >= 0.3 is 0 Å². The van der Waals surface area contributed by atoms with Crippen LogP contribution in [0.4, 0.5) is 13.3 Å². The Balaban J connectivity index is 2.54. The first kappa shape index (κ1) is 3.52. The molecule has 0 amide bonds. The highest BCUT2D eigenvalue weighted by Crippen LogP contribution is 2.33. The highest BCUT2D eigenvalue weighted by Gasteiger charge is 2.36. The van der Waals surface area contributed by atoms with Crippen LogP contribution >= 0.6 is 0 Å². The summed E-state index contributed by atoms with van der Waals surface area (Å²) in [5.74, 6) is -2.81. The van der Waals surface area contributed by atoms with Crippen LogP contribution in [0.2, 0.25) is 0 Å². The Morgan fingerprint density at radius 3 is 1.33 bits per heavy atom. The predicted octanol–water partition coefficient (Wildman–Crippen LogP) is 1.25. The molecule has 0 saturated carbocycles. The zero-order chi connectivity index (χ0) is 4.73. The Morgan fingerprint density at radius 2 is 1.33 bits per heavy atom. The fraction of sp³-hybridized carbons (Fsp3) is 0. The monoisotopic (exact) mass is 95.0 g/mol. The molecule has 4 heteroatoms. The molecule has 1 heterocycles. The fourth-order valence-corrected chi connectivity index (χ4v) is 0.109. The van der Waals surface area contributed by atoms with E-state index in [1.54, 1.807) is 0 Å². The lowest BCUT2D eigenvalue weighted by Gasteiger charge is -1.71. The number of nitrogens with zero attached hydrogens (tertiary/aromatic N) is 1. The minimum Gasteiger partial charge on any atom is -0.179 e. The first-order valence-electron chi connectivity index (χ1n) is 1.24. The summed E-state index contributed by atoms with van der Waals surface area (Å²) in [7, 11) is 0. The maximum atomic E-state index is 11.0. The summed E-state index contributed by atoms with van der Waals surface area (Å²) >= 11 is 0. The molecule has 0 fully saturated rings. The zero-order valence-corrected chi connectivity index (χ0v) is 2.58. The van der Waals surface area contributed by atoms with E-state index in [2.05, 4.69) is 0 Å². The van der Waals surface area contributed by atoms with Gasteiger partial charge in [0.2, 0.25) is 0 Å². The van der Waals surface area contributed by atoms with Crippen LogP contribution in [0.15, 0.2) is 11.9 Å². The summed E-state index contributed by atoms with van der Waals surface area (Å²) in [5.41, 5.74) is 0. The minimum atomic E-state index is -1.41. The van der Waals surface area contributed by atoms with Gasteiger partial charge in [-0.25, -0.2) is 0 Å². The quantitative estimate of drug-likeness (QED) is 0.323. The van der Waals surface area contributed by atoms with Crippen molar-refractivity contribution in [2.75, 3.05) is 0 Å². The van der Waals surface area contributed by atoms with Crippen molar-refractivity contribution in [3.63, 3.8) is 0 Å². The van der Waals surface area contributed by atoms with E-state index in [0.29, 0.717) is 0 Å². The van der Waals surface area contributed by atoms with Crippen molar-refractivity contribution in [2.45, 2.75) is 0 Å². The SMILES string of the molecule is FC1=C(F)N1F. The summed E-state index contributed by atoms with van der Waals surface area (Å²) in [6, 6.07) is 0. The maximum absolute atomic E-state index is 11.0. The van der Waals surface area contributed by atoms with Gasteiger partial charge in [0, 0.05) is 0 Å². The molecule has 0 unspecified atom stereocenters. The van der Waals surface area contributed by atoms with Crippen LogP contribution < -0.4 is 0 Å². The van der Waals surface area contributed by atoms with Crippen LogP contribution in [0.3, 0.4) is 0 Å².